The van der Waals surface area contributed by atoms with Crippen LogP contribution in [0.1, 0.15) is 45.4 Å². The maximum Gasteiger partial charge on any atom is 0.391 e. The summed E-state index contributed by atoms with van der Waals surface area (Å²) >= 11 is 0. The molecule has 0 spiro atoms. The molecule has 0 radical (unpaired) electrons. The Morgan fingerprint density at radius 1 is 1.22 bits per heavy atom. The van der Waals surface area contributed by atoms with Crippen molar-refractivity contribution in [3.63, 3.8) is 0 Å². The van der Waals surface area contributed by atoms with Crippen LogP contribution in [0.5, 0.6) is 0 Å². The van der Waals surface area contributed by atoms with Crippen LogP contribution in [-0.2, 0) is 14.4 Å². The maximum atomic E-state index is 12.6. The number of carbonyl (C=O) groups is 3. The van der Waals surface area contributed by atoms with Gasteiger partial charge >= 0.3 is 6.18 Å². The van der Waals surface area contributed by atoms with Crippen LogP contribution in [0.25, 0.3) is 0 Å². The quantitative estimate of drug-likeness (QED) is 0.800. The first-order chi connectivity index (χ1) is 10.7. The molecule has 1 saturated heterocycles. The van der Waals surface area contributed by atoms with Crippen molar-refractivity contribution in [3.8, 4) is 0 Å². The van der Waals surface area contributed by atoms with Crippen LogP contribution in [0.2, 0.25) is 0 Å². The van der Waals surface area contributed by atoms with Gasteiger partial charge in [0, 0.05) is 13.0 Å². The largest absolute Gasteiger partial charge is 0.391 e. The molecule has 0 bridgehead atoms. The fourth-order valence-electron chi connectivity index (χ4n) is 3.42. The summed E-state index contributed by atoms with van der Waals surface area (Å²) < 4.78 is 37.9. The second kappa shape index (κ2) is 6.88. The Morgan fingerprint density at radius 3 is 2.26 bits per heavy atom. The number of rotatable bonds is 4. The highest BCUT2D eigenvalue weighted by Crippen LogP contribution is 2.40. The van der Waals surface area contributed by atoms with Crippen LogP contribution in [0.4, 0.5) is 13.2 Å². The highest BCUT2D eigenvalue weighted by atomic mass is 19.4. The average Bonchev–Trinajstić information content (AvgIpc) is 2.78. The number of nitrogens with zero attached hydrogens (tertiary/aromatic N) is 1. The Labute approximate surface area is 132 Å². The molecule has 0 aromatic carbocycles. The van der Waals surface area contributed by atoms with Gasteiger partial charge in [-0.3, -0.25) is 19.7 Å². The second-order valence-electron chi connectivity index (χ2n) is 6.28. The number of carbonyl (C=O) groups excluding carboxylic acids is 3. The molecule has 1 saturated carbocycles. The van der Waals surface area contributed by atoms with Gasteiger partial charge in [0.1, 0.15) is 6.04 Å². The minimum absolute atomic E-state index is 0.0424. The normalized spacial score (nSPS) is 28.6. The molecule has 1 aliphatic carbocycles. The van der Waals surface area contributed by atoms with Crippen molar-refractivity contribution in [1.29, 1.82) is 0 Å². The van der Waals surface area contributed by atoms with Gasteiger partial charge in [-0.05, 0) is 38.5 Å². The van der Waals surface area contributed by atoms with Crippen molar-refractivity contribution in [3.05, 3.63) is 0 Å². The average molecular weight is 334 g/mol. The molecule has 23 heavy (non-hydrogen) atoms. The van der Waals surface area contributed by atoms with E-state index in [-0.39, 0.29) is 37.5 Å². The smallest absolute Gasteiger partial charge is 0.330 e. The van der Waals surface area contributed by atoms with Gasteiger partial charge in [-0.2, -0.15) is 13.2 Å². The van der Waals surface area contributed by atoms with E-state index in [1.807, 2.05) is 0 Å². The molecule has 1 N–H and O–H groups in total. The lowest BCUT2D eigenvalue weighted by atomic mass is 9.80. The van der Waals surface area contributed by atoms with Gasteiger partial charge in [0.05, 0.1) is 12.3 Å². The SMILES string of the molecule is CCN(C(=O)CC1CCC(C(F)(F)F)CC1)C1CC(=O)NC1=O. The first-order valence-corrected chi connectivity index (χ1v) is 7.92. The first kappa shape index (κ1) is 17.7. The lowest BCUT2D eigenvalue weighted by Gasteiger charge is -2.32. The molecule has 1 atom stereocenters. The van der Waals surface area contributed by atoms with Crippen LogP contribution in [0.3, 0.4) is 0 Å². The highest BCUT2D eigenvalue weighted by molar-refractivity contribution is 6.06. The Hall–Kier alpha value is -1.60. The van der Waals surface area contributed by atoms with Gasteiger partial charge in [0.15, 0.2) is 0 Å². The van der Waals surface area contributed by atoms with Crippen molar-refractivity contribution < 1.29 is 27.6 Å². The number of halogens is 3. The molecule has 3 amide bonds. The number of likely N-dealkylation sites (N-methyl/N-ethyl adjacent to an activating group) is 1. The molecular weight excluding hydrogens is 313 g/mol. The second-order valence-corrected chi connectivity index (χ2v) is 6.28. The van der Waals surface area contributed by atoms with E-state index in [0.29, 0.717) is 19.4 Å². The van der Waals surface area contributed by atoms with E-state index in [4.69, 9.17) is 0 Å². The molecule has 2 fully saturated rings. The summed E-state index contributed by atoms with van der Waals surface area (Å²) in [4.78, 5) is 36.7. The molecule has 8 heteroatoms. The van der Waals surface area contributed by atoms with E-state index in [1.165, 1.54) is 4.90 Å². The van der Waals surface area contributed by atoms with Crippen molar-refractivity contribution in [1.82, 2.24) is 10.2 Å². The van der Waals surface area contributed by atoms with Crippen molar-refractivity contribution in [2.24, 2.45) is 11.8 Å². The number of hydrogen-bond donors (Lipinski definition) is 1. The van der Waals surface area contributed by atoms with Crippen LogP contribution >= 0.6 is 0 Å². The summed E-state index contributed by atoms with van der Waals surface area (Å²) in [5.74, 6) is -2.51. The minimum atomic E-state index is -4.16. The van der Waals surface area contributed by atoms with Gasteiger partial charge in [-0.15, -0.1) is 0 Å². The van der Waals surface area contributed by atoms with Crippen LogP contribution in [0.15, 0.2) is 0 Å². The predicted molar refractivity (Wildman–Crippen MR) is 75.1 cm³/mol. The summed E-state index contributed by atoms with van der Waals surface area (Å²) in [6.45, 7) is 2.01. The molecule has 2 aliphatic rings. The number of amides is 3. The lowest BCUT2D eigenvalue weighted by Crippen LogP contribution is -2.45. The Balaban J connectivity index is 1.89. The van der Waals surface area contributed by atoms with Gasteiger partial charge in [-0.25, -0.2) is 0 Å². The number of alkyl halides is 3. The molecule has 5 nitrogen and oxygen atoms in total. The third kappa shape index (κ3) is 4.23. The van der Waals surface area contributed by atoms with Crippen molar-refractivity contribution >= 4 is 17.7 Å². The van der Waals surface area contributed by atoms with Crippen LogP contribution < -0.4 is 5.32 Å². The third-order valence-corrected chi connectivity index (χ3v) is 4.75. The predicted octanol–water partition coefficient (Wildman–Crippen LogP) is 2.01. The van der Waals surface area contributed by atoms with Crippen molar-refractivity contribution in [2.45, 2.75) is 57.7 Å². The minimum Gasteiger partial charge on any atom is -0.330 e. The molecule has 2 rings (SSSR count). The molecular formula is C15H21F3N2O3. The molecule has 0 aromatic rings. The van der Waals surface area contributed by atoms with E-state index in [9.17, 15) is 27.6 Å². The van der Waals surface area contributed by atoms with E-state index in [2.05, 4.69) is 5.32 Å². The van der Waals surface area contributed by atoms with Gasteiger partial charge in [-0.1, -0.05) is 0 Å². The summed E-state index contributed by atoms with van der Waals surface area (Å²) in [5, 5.41) is 2.17. The van der Waals surface area contributed by atoms with E-state index < -0.39 is 30.0 Å². The number of hydrogen-bond acceptors (Lipinski definition) is 3. The zero-order chi connectivity index (χ0) is 17.2. The first-order valence-electron chi connectivity index (χ1n) is 7.92. The van der Waals surface area contributed by atoms with E-state index in [1.54, 1.807) is 6.92 Å². The summed E-state index contributed by atoms with van der Waals surface area (Å²) in [6, 6.07) is -0.786. The van der Waals surface area contributed by atoms with Crippen LogP contribution in [0, 0.1) is 11.8 Å². The van der Waals surface area contributed by atoms with Gasteiger partial charge in [0.2, 0.25) is 17.7 Å². The van der Waals surface area contributed by atoms with E-state index >= 15 is 0 Å². The van der Waals surface area contributed by atoms with Crippen molar-refractivity contribution in [2.75, 3.05) is 6.54 Å². The van der Waals surface area contributed by atoms with E-state index in [0.717, 1.165) is 0 Å². The fraction of sp³-hybridized carbons (Fsp3) is 0.800. The Morgan fingerprint density at radius 2 is 1.83 bits per heavy atom. The zero-order valence-corrected chi connectivity index (χ0v) is 13.0. The van der Waals surface area contributed by atoms with Gasteiger partial charge in [0.25, 0.3) is 0 Å². The Bertz CT molecular complexity index is 485. The molecule has 1 aliphatic heterocycles. The maximum absolute atomic E-state index is 12.6. The topological polar surface area (TPSA) is 66.5 Å². The Kier molecular flexibility index (Phi) is 5.31. The van der Waals surface area contributed by atoms with Crippen LogP contribution in [-0.4, -0.2) is 41.4 Å². The zero-order valence-electron chi connectivity index (χ0n) is 13.0. The summed E-state index contributed by atoms with van der Waals surface area (Å²) in [6.07, 6.45) is -3.24. The molecule has 0 aromatic heterocycles. The fourth-order valence-corrected chi connectivity index (χ4v) is 3.42. The lowest BCUT2D eigenvalue weighted by molar-refractivity contribution is -0.184. The number of nitrogens with one attached hydrogen (secondary N) is 1. The summed E-state index contributed by atoms with van der Waals surface area (Å²) in [7, 11) is 0. The molecule has 1 unspecified atom stereocenters. The third-order valence-electron chi connectivity index (χ3n) is 4.75. The number of imide groups is 1. The molecule has 1 heterocycles. The standard InChI is InChI=1S/C15H21F3N2O3/c1-2-20(11-8-12(21)19-14(11)23)13(22)7-9-3-5-10(6-4-9)15(16,17)18/h9-11H,2-8H2,1H3,(H,19,21,23). The highest BCUT2D eigenvalue weighted by Gasteiger charge is 2.42. The monoisotopic (exact) mass is 334 g/mol. The van der Waals surface area contributed by atoms with Gasteiger partial charge < -0.3 is 4.90 Å². The summed E-state index contributed by atoms with van der Waals surface area (Å²) in [5.41, 5.74) is 0. The molecule has 130 valence electrons.